The number of carbonyl (C=O) groups is 1. The Kier molecular flexibility index (Phi) is 4.85. The van der Waals surface area contributed by atoms with E-state index in [1.807, 2.05) is 6.92 Å². The Labute approximate surface area is 140 Å². The monoisotopic (exact) mass is 340 g/mol. The second-order valence-corrected chi connectivity index (χ2v) is 6.89. The van der Waals surface area contributed by atoms with Crippen molar-refractivity contribution in [3.63, 3.8) is 0 Å². The number of hydrogen-bond acceptors (Lipinski definition) is 2. The fourth-order valence-electron chi connectivity index (χ4n) is 3.26. The molecule has 1 unspecified atom stereocenters. The van der Waals surface area contributed by atoms with Gasteiger partial charge in [0.15, 0.2) is 0 Å². The molecule has 1 atom stereocenters. The first kappa shape index (κ1) is 17.3. The molecule has 0 aromatic heterocycles. The highest BCUT2D eigenvalue weighted by Crippen LogP contribution is 2.32. The number of amides is 1. The minimum atomic E-state index is -4.29. The van der Waals surface area contributed by atoms with Crippen LogP contribution < -0.4 is 5.32 Å². The molecule has 6 heteroatoms. The SMILES string of the molecule is CC(c1ccc(C(F)(F)F)cc1)N1CCC(NC(=O)C2CC2)CC1. The van der Waals surface area contributed by atoms with Crippen LogP contribution in [0, 0.1) is 5.92 Å². The normalized spacial score (nSPS) is 21.5. The molecule has 1 saturated carbocycles. The average Bonchev–Trinajstić information content (AvgIpc) is 3.39. The molecule has 0 spiro atoms. The topological polar surface area (TPSA) is 32.3 Å². The zero-order valence-electron chi connectivity index (χ0n) is 13.8. The maximum absolute atomic E-state index is 12.6. The van der Waals surface area contributed by atoms with Crippen molar-refractivity contribution in [3.05, 3.63) is 35.4 Å². The van der Waals surface area contributed by atoms with Gasteiger partial charge in [-0.3, -0.25) is 9.69 Å². The van der Waals surface area contributed by atoms with Gasteiger partial charge in [0.25, 0.3) is 0 Å². The standard InChI is InChI=1S/C18H23F3N2O/c1-12(13-4-6-15(7-5-13)18(19,20)21)23-10-8-16(9-11-23)22-17(24)14-2-3-14/h4-7,12,14,16H,2-3,8-11H2,1H3,(H,22,24). The van der Waals surface area contributed by atoms with Crippen LogP contribution in [0.15, 0.2) is 24.3 Å². The van der Waals surface area contributed by atoms with E-state index < -0.39 is 11.7 Å². The predicted molar refractivity (Wildman–Crippen MR) is 85.3 cm³/mol. The predicted octanol–water partition coefficient (Wildman–Crippen LogP) is 3.76. The maximum atomic E-state index is 12.6. The van der Waals surface area contributed by atoms with Crippen LogP contribution in [-0.4, -0.2) is 29.9 Å². The van der Waals surface area contributed by atoms with Gasteiger partial charge >= 0.3 is 6.18 Å². The molecule has 24 heavy (non-hydrogen) atoms. The summed E-state index contributed by atoms with van der Waals surface area (Å²) >= 11 is 0. The van der Waals surface area contributed by atoms with Crippen LogP contribution in [-0.2, 0) is 11.0 Å². The molecule has 132 valence electrons. The van der Waals surface area contributed by atoms with E-state index in [0.29, 0.717) is 0 Å². The van der Waals surface area contributed by atoms with E-state index in [4.69, 9.17) is 0 Å². The molecule has 2 aliphatic rings. The van der Waals surface area contributed by atoms with E-state index in [1.165, 1.54) is 0 Å². The molecule has 1 aromatic carbocycles. The molecule has 1 aliphatic carbocycles. The fourth-order valence-corrected chi connectivity index (χ4v) is 3.26. The van der Waals surface area contributed by atoms with E-state index >= 15 is 0 Å². The van der Waals surface area contributed by atoms with Crippen molar-refractivity contribution < 1.29 is 18.0 Å². The Hall–Kier alpha value is -1.56. The summed E-state index contributed by atoms with van der Waals surface area (Å²) in [6.45, 7) is 3.71. The van der Waals surface area contributed by atoms with E-state index in [-0.39, 0.29) is 23.9 Å². The molecule has 1 aliphatic heterocycles. The fraction of sp³-hybridized carbons (Fsp3) is 0.611. The lowest BCUT2D eigenvalue weighted by Gasteiger charge is -2.36. The van der Waals surface area contributed by atoms with Crippen LogP contribution in [0.5, 0.6) is 0 Å². The summed E-state index contributed by atoms with van der Waals surface area (Å²) in [6.07, 6.45) is -0.488. The van der Waals surface area contributed by atoms with Crippen LogP contribution in [0.3, 0.4) is 0 Å². The number of carbonyl (C=O) groups excluding carboxylic acids is 1. The van der Waals surface area contributed by atoms with Crippen LogP contribution in [0.1, 0.15) is 49.8 Å². The molecule has 1 aromatic rings. The van der Waals surface area contributed by atoms with Crippen molar-refractivity contribution >= 4 is 5.91 Å². The Balaban J connectivity index is 1.52. The van der Waals surface area contributed by atoms with Crippen molar-refractivity contribution in [1.82, 2.24) is 10.2 Å². The molecule has 1 N–H and O–H groups in total. The third-order valence-electron chi connectivity index (χ3n) is 5.09. The summed E-state index contributed by atoms with van der Waals surface area (Å²) < 4.78 is 37.9. The van der Waals surface area contributed by atoms with Crippen molar-refractivity contribution in [2.45, 2.75) is 50.9 Å². The molecular formula is C18H23F3N2O. The van der Waals surface area contributed by atoms with E-state index in [9.17, 15) is 18.0 Å². The van der Waals surface area contributed by atoms with Crippen LogP contribution >= 0.6 is 0 Å². The second kappa shape index (κ2) is 6.75. The smallest absolute Gasteiger partial charge is 0.353 e. The van der Waals surface area contributed by atoms with Crippen LogP contribution in [0.4, 0.5) is 13.2 Å². The Bertz CT molecular complexity index is 573. The molecule has 0 bridgehead atoms. The third-order valence-corrected chi connectivity index (χ3v) is 5.09. The summed E-state index contributed by atoms with van der Waals surface area (Å²) in [5.41, 5.74) is 0.281. The molecule has 1 heterocycles. The zero-order chi connectivity index (χ0) is 17.3. The van der Waals surface area contributed by atoms with Crippen LogP contribution in [0.2, 0.25) is 0 Å². The summed E-state index contributed by atoms with van der Waals surface area (Å²) in [4.78, 5) is 14.1. The number of halogens is 3. The van der Waals surface area contributed by atoms with Gasteiger partial charge in [0.1, 0.15) is 0 Å². The summed E-state index contributed by atoms with van der Waals surface area (Å²) in [5.74, 6) is 0.415. The largest absolute Gasteiger partial charge is 0.416 e. The first-order valence-electron chi connectivity index (χ1n) is 8.56. The maximum Gasteiger partial charge on any atom is 0.416 e. The number of nitrogens with zero attached hydrogens (tertiary/aromatic N) is 1. The highest BCUT2D eigenvalue weighted by Gasteiger charge is 2.33. The quantitative estimate of drug-likeness (QED) is 0.905. The van der Waals surface area contributed by atoms with Crippen molar-refractivity contribution in [2.75, 3.05) is 13.1 Å². The van der Waals surface area contributed by atoms with E-state index in [2.05, 4.69) is 10.2 Å². The first-order valence-corrected chi connectivity index (χ1v) is 8.56. The van der Waals surface area contributed by atoms with Gasteiger partial charge in [0, 0.05) is 31.1 Å². The third kappa shape index (κ3) is 4.09. The highest BCUT2D eigenvalue weighted by atomic mass is 19.4. The van der Waals surface area contributed by atoms with Crippen molar-refractivity contribution in [2.24, 2.45) is 5.92 Å². The number of alkyl halides is 3. The van der Waals surface area contributed by atoms with Gasteiger partial charge in [-0.25, -0.2) is 0 Å². The molecule has 1 saturated heterocycles. The Morgan fingerprint density at radius 3 is 2.21 bits per heavy atom. The van der Waals surface area contributed by atoms with Gasteiger partial charge in [0.2, 0.25) is 5.91 Å². The lowest BCUT2D eigenvalue weighted by Crippen LogP contribution is -2.45. The molecule has 1 amide bonds. The minimum Gasteiger partial charge on any atom is -0.353 e. The van der Waals surface area contributed by atoms with Gasteiger partial charge in [-0.05, 0) is 50.3 Å². The van der Waals surface area contributed by atoms with E-state index in [1.54, 1.807) is 12.1 Å². The lowest BCUT2D eigenvalue weighted by molar-refractivity contribution is -0.137. The summed E-state index contributed by atoms with van der Waals surface area (Å²) in [5, 5.41) is 3.11. The van der Waals surface area contributed by atoms with Gasteiger partial charge in [-0.1, -0.05) is 12.1 Å². The number of benzene rings is 1. The number of hydrogen-bond donors (Lipinski definition) is 1. The average molecular weight is 340 g/mol. The first-order chi connectivity index (χ1) is 11.3. The second-order valence-electron chi connectivity index (χ2n) is 6.89. The lowest BCUT2D eigenvalue weighted by atomic mass is 9.99. The molecule has 3 nitrogen and oxygen atoms in total. The van der Waals surface area contributed by atoms with Gasteiger partial charge < -0.3 is 5.32 Å². The number of rotatable bonds is 4. The minimum absolute atomic E-state index is 0.0763. The van der Waals surface area contributed by atoms with Crippen molar-refractivity contribution in [3.8, 4) is 0 Å². The van der Waals surface area contributed by atoms with Crippen LogP contribution in [0.25, 0.3) is 0 Å². The summed E-state index contributed by atoms with van der Waals surface area (Å²) in [7, 11) is 0. The van der Waals surface area contributed by atoms with Gasteiger partial charge in [-0.15, -0.1) is 0 Å². The molecule has 3 rings (SSSR count). The Morgan fingerprint density at radius 1 is 1.12 bits per heavy atom. The number of nitrogens with one attached hydrogen (secondary N) is 1. The van der Waals surface area contributed by atoms with Gasteiger partial charge in [-0.2, -0.15) is 13.2 Å². The highest BCUT2D eigenvalue weighted by molar-refractivity contribution is 5.81. The van der Waals surface area contributed by atoms with E-state index in [0.717, 1.165) is 56.5 Å². The van der Waals surface area contributed by atoms with Gasteiger partial charge in [0.05, 0.1) is 5.56 Å². The number of likely N-dealkylation sites (tertiary alicyclic amines) is 1. The zero-order valence-corrected chi connectivity index (χ0v) is 13.8. The summed E-state index contributed by atoms with van der Waals surface area (Å²) in [6, 6.07) is 5.73. The molecule has 2 fully saturated rings. The van der Waals surface area contributed by atoms with Crippen molar-refractivity contribution in [1.29, 1.82) is 0 Å². The Morgan fingerprint density at radius 2 is 1.71 bits per heavy atom. The molecule has 0 radical (unpaired) electrons. The molecular weight excluding hydrogens is 317 g/mol. The number of piperidine rings is 1.